The quantitative estimate of drug-likeness (QED) is 0.818. The number of hydrogen-bond donors (Lipinski definition) is 1. The summed E-state index contributed by atoms with van der Waals surface area (Å²) >= 11 is 6.05. The number of esters is 1. The summed E-state index contributed by atoms with van der Waals surface area (Å²) in [6.45, 7) is 0.406. The van der Waals surface area contributed by atoms with Crippen molar-refractivity contribution < 1.29 is 14.3 Å². The van der Waals surface area contributed by atoms with Crippen molar-refractivity contribution in [1.82, 2.24) is 0 Å². The number of carbonyl (C=O) groups is 2. The molecule has 1 amide bonds. The second-order valence-corrected chi connectivity index (χ2v) is 4.53. The van der Waals surface area contributed by atoms with E-state index in [0.29, 0.717) is 29.2 Å². The number of benzene rings is 1. The lowest BCUT2D eigenvalue weighted by Crippen LogP contribution is -2.28. The lowest BCUT2D eigenvalue weighted by Gasteiger charge is -2.18. The van der Waals surface area contributed by atoms with E-state index in [2.05, 4.69) is 4.74 Å². The van der Waals surface area contributed by atoms with Gasteiger partial charge >= 0.3 is 5.97 Å². The van der Waals surface area contributed by atoms with Gasteiger partial charge in [0.15, 0.2) is 0 Å². The van der Waals surface area contributed by atoms with Gasteiger partial charge < -0.3 is 15.4 Å². The summed E-state index contributed by atoms with van der Waals surface area (Å²) in [5.41, 5.74) is 6.58. The molecular formula is C12H13ClN2O3. The van der Waals surface area contributed by atoms with Gasteiger partial charge in [-0.05, 0) is 18.2 Å². The summed E-state index contributed by atoms with van der Waals surface area (Å²) in [4.78, 5) is 24.7. The summed E-state index contributed by atoms with van der Waals surface area (Å²) < 4.78 is 4.63. The number of hydrogen-bond acceptors (Lipinski definition) is 4. The van der Waals surface area contributed by atoms with Gasteiger partial charge in [-0.2, -0.15) is 0 Å². The average Bonchev–Trinajstić information content (AvgIpc) is 2.68. The number of methoxy groups -OCH3 is 1. The lowest BCUT2D eigenvalue weighted by molar-refractivity contribution is -0.117. The van der Waals surface area contributed by atoms with E-state index in [1.807, 2.05) is 0 Å². The maximum absolute atomic E-state index is 11.8. The minimum absolute atomic E-state index is 0.0913. The minimum atomic E-state index is -0.469. The van der Waals surface area contributed by atoms with Crippen molar-refractivity contribution >= 4 is 29.2 Å². The number of nitrogens with zero attached hydrogens (tertiary/aromatic N) is 1. The molecule has 1 heterocycles. The van der Waals surface area contributed by atoms with Gasteiger partial charge in [-0.3, -0.25) is 4.79 Å². The predicted octanol–water partition coefficient (Wildman–Crippen LogP) is 1.19. The van der Waals surface area contributed by atoms with Crippen molar-refractivity contribution in [3.8, 4) is 0 Å². The van der Waals surface area contributed by atoms with Crippen molar-refractivity contribution in [2.45, 2.75) is 12.5 Å². The second-order valence-electron chi connectivity index (χ2n) is 4.13. The van der Waals surface area contributed by atoms with Crippen molar-refractivity contribution in [1.29, 1.82) is 0 Å². The standard InChI is InChI=1S/C12H13ClN2O3/c1-18-12(17)7-2-3-9(13)10(4-7)15-6-8(14)5-11(15)16/h2-4,8H,5-6,14H2,1H3. The van der Waals surface area contributed by atoms with E-state index in [9.17, 15) is 9.59 Å². The first-order valence-electron chi connectivity index (χ1n) is 5.46. The van der Waals surface area contributed by atoms with Crippen molar-refractivity contribution in [3.63, 3.8) is 0 Å². The Morgan fingerprint density at radius 2 is 2.28 bits per heavy atom. The molecule has 96 valence electrons. The molecule has 1 aromatic carbocycles. The average molecular weight is 269 g/mol. The highest BCUT2D eigenvalue weighted by Crippen LogP contribution is 2.30. The highest BCUT2D eigenvalue weighted by atomic mass is 35.5. The van der Waals surface area contributed by atoms with E-state index < -0.39 is 5.97 Å². The zero-order valence-electron chi connectivity index (χ0n) is 9.85. The second kappa shape index (κ2) is 4.96. The SMILES string of the molecule is COC(=O)c1ccc(Cl)c(N2CC(N)CC2=O)c1. The molecule has 1 atom stereocenters. The molecule has 0 spiro atoms. The fourth-order valence-corrected chi connectivity index (χ4v) is 2.15. The van der Waals surface area contributed by atoms with Crippen molar-refractivity contribution in [3.05, 3.63) is 28.8 Å². The highest BCUT2D eigenvalue weighted by Gasteiger charge is 2.29. The Morgan fingerprint density at radius 3 is 2.83 bits per heavy atom. The lowest BCUT2D eigenvalue weighted by atomic mass is 10.2. The molecule has 6 heteroatoms. The van der Waals surface area contributed by atoms with Crippen LogP contribution in [-0.4, -0.2) is 31.6 Å². The molecule has 18 heavy (non-hydrogen) atoms. The minimum Gasteiger partial charge on any atom is -0.465 e. The van der Waals surface area contributed by atoms with Gasteiger partial charge in [0, 0.05) is 19.0 Å². The van der Waals surface area contributed by atoms with E-state index >= 15 is 0 Å². The molecule has 0 aliphatic carbocycles. The molecule has 2 rings (SSSR count). The number of amides is 1. The molecule has 0 saturated carbocycles. The van der Waals surface area contributed by atoms with Crippen LogP contribution in [0, 0.1) is 0 Å². The maximum Gasteiger partial charge on any atom is 0.337 e. The van der Waals surface area contributed by atoms with E-state index in [0.717, 1.165) is 0 Å². The van der Waals surface area contributed by atoms with Gasteiger partial charge in [0.25, 0.3) is 0 Å². The van der Waals surface area contributed by atoms with Gasteiger partial charge in [-0.1, -0.05) is 11.6 Å². The third kappa shape index (κ3) is 2.32. The Hall–Kier alpha value is -1.59. The normalized spacial score (nSPS) is 19.2. The highest BCUT2D eigenvalue weighted by molar-refractivity contribution is 6.34. The van der Waals surface area contributed by atoms with Crippen LogP contribution in [-0.2, 0) is 9.53 Å². The van der Waals surface area contributed by atoms with Crippen LogP contribution in [0.4, 0.5) is 5.69 Å². The predicted molar refractivity (Wildman–Crippen MR) is 67.7 cm³/mol. The molecule has 5 nitrogen and oxygen atoms in total. The number of nitrogens with two attached hydrogens (primary N) is 1. The van der Waals surface area contributed by atoms with Gasteiger partial charge in [0.05, 0.1) is 23.4 Å². The molecule has 1 saturated heterocycles. The van der Waals surface area contributed by atoms with Gasteiger partial charge in [0.1, 0.15) is 0 Å². The maximum atomic E-state index is 11.8. The first kappa shape index (κ1) is 12.9. The number of carbonyl (C=O) groups excluding carboxylic acids is 2. The van der Waals surface area contributed by atoms with Crippen molar-refractivity contribution in [2.75, 3.05) is 18.6 Å². The van der Waals surface area contributed by atoms with Gasteiger partial charge in [0.2, 0.25) is 5.91 Å². The summed E-state index contributed by atoms with van der Waals surface area (Å²) in [6.07, 6.45) is 0.290. The molecular weight excluding hydrogens is 256 g/mol. The largest absolute Gasteiger partial charge is 0.465 e. The fourth-order valence-electron chi connectivity index (χ4n) is 1.93. The third-order valence-corrected chi connectivity index (χ3v) is 3.13. The number of rotatable bonds is 2. The number of halogens is 1. The molecule has 0 radical (unpaired) electrons. The van der Waals surface area contributed by atoms with Crippen LogP contribution in [0.2, 0.25) is 5.02 Å². The fraction of sp³-hybridized carbons (Fsp3) is 0.333. The first-order chi connectivity index (χ1) is 8.52. The van der Waals surface area contributed by atoms with Crippen LogP contribution in [0.25, 0.3) is 0 Å². The topological polar surface area (TPSA) is 72.6 Å². The van der Waals surface area contributed by atoms with Crippen LogP contribution in [0.5, 0.6) is 0 Å². The van der Waals surface area contributed by atoms with E-state index in [4.69, 9.17) is 17.3 Å². The molecule has 1 aliphatic heterocycles. The Bertz CT molecular complexity index is 504. The van der Waals surface area contributed by atoms with E-state index in [1.54, 1.807) is 18.2 Å². The van der Waals surface area contributed by atoms with Gasteiger partial charge in [-0.25, -0.2) is 4.79 Å². The Balaban J connectivity index is 2.38. The molecule has 1 aliphatic rings. The Kier molecular flexibility index (Phi) is 3.54. The summed E-state index contributed by atoms with van der Waals surface area (Å²) in [7, 11) is 1.30. The van der Waals surface area contributed by atoms with Crippen LogP contribution < -0.4 is 10.6 Å². The van der Waals surface area contributed by atoms with Gasteiger partial charge in [-0.15, -0.1) is 0 Å². The Morgan fingerprint density at radius 1 is 1.56 bits per heavy atom. The molecule has 0 aromatic heterocycles. The number of anilines is 1. The van der Waals surface area contributed by atoms with Crippen LogP contribution in [0.15, 0.2) is 18.2 Å². The third-order valence-electron chi connectivity index (χ3n) is 2.81. The molecule has 1 aromatic rings. The number of ether oxygens (including phenoxy) is 1. The van der Waals surface area contributed by atoms with E-state index in [-0.39, 0.29) is 11.9 Å². The zero-order valence-corrected chi connectivity index (χ0v) is 10.6. The Labute approximate surface area is 109 Å². The van der Waals surface area contributed by atoms with Crippen LogP contribution in [0.3, 0.4) is 0 Å². The molecule has 2 N–H and O–H groups in total. The molecule has 0 bridgehead atoms. The van der Waals surface area contributed by atoms with E-state index in [1.165, 1.54) is 12.0 Å². The summed E-state index contributed by atoms with van der Waals surface area (Å²) in [5, 5.41) is 0.408. The smallest absolute Gasteiger partial charge is 0.337 e. The first-order valence-corrected chi connectivity index (χ1v) is 5.84. The molecule has 1 unspecified atom stereocenters. The summed E-state index contributed by atoms with van der Waals surface area (Å²) in [6, 6.07) is 4.47. The summed E-state index contributed by atoms with van der Waals surface area (Å²) in [5.74, 6) is -0.560. The van der Waals surface area contributed by atoms with Crippen molar-refractivity contribution in [2.24, 2.45) is 5.73 Å². The van der Waals surface area contributed by atoms with Crippen LogP contribution in [0.1, 0.15) is 16.8 Å². The van der Waals surface area contributed by atoms with Crippen LogP contribution >= 0.6 is 11.6 Å². The monoisotopic (exact) mass is 268 g/mol. The zero-order chi connectivity index (χ0) is 13.3. The molecule has 1 fully saturated rings.